The zero-order chi connectivity index (χ0) is 16.9. The van der Waals surface area contributed by atoms with Crippen molar-refractivity contribution in [1.82, 2.24) is 10.2 Å². The van der Waals surface area contributed by atoms with Crippen molar-refractivity contribution in [3.8, 4) is 0 Å². The summed E-state index contributed by atoms with van der Waals surface area (Å²) in [4.78, 5) is 25.9. The first-order chi connectivity index (χ1) is 11.7. The van der Waals surface area contributed by atoms with Crippen LogP contribution in [0.15, 0.2) is 60.7 Å². The molecular formula is C20H22N2O2. The van der Waals surface area contributed by atoms with E-state index in [-0.39, 0.29) is 24.0 Å². The molecule has 0 bridgehead atoms. The average molecular weight is 322 g/mol. The number of carbonyl (C=O) groups is 2. The predicted octanol–water partition coefficient (Wildman–Crippen LogP) is 3.69. The van der Waals surface area contributed by atoms with Gasteiger partial charge in [-0.15, -0.1) is 0 Å². The molecule has 124 valence electrons. The normalized spacial score (nSPS) is 18.0. The van der Waals surface area contributed by atoms with Crippen LogP contribution in [0.5, 0.6) is 0 Å². The van der Waals surface area contributed by atoms with Gasteiger partial charge in [0.15, 0.2) is 0 Å². The quantitative estimate of drug-likeness (QED) is 0.854. The Balaban J connectivity index is 1.65. The fourth-order valence-corrected chi connectivity index (χ4v) is 3.14. The number of imide groups is 1. The molecule has 2 aromatic carbocycles. The average Bonchev–Trinajstić information content (AvgIpc) is 2.60. The van der Waals surface area contributed by atoms with Crippen LogP contribution in [0.4, 0.5) is 4.79 Å². The van der Waals surface area contributed by atoms with Crippen molar-refractivity contribution in [2.45, 2.75) is 38.3 Å². The molecular weight excluding hydrogens is 300 g/mol. The summed E-state index contributed by atoms with van der Waals surface area (Å²) in [5.41, 5.74) is 2.20. The maximum atomic E-state index is 12.6. The zero-order valence-electron chi connectivity index (χ0n) is 13.8. The molecule has 3 amide bonds. The Kier molecular flexibility index (Phi) is 4.94. The van der Waals surface area contributed by atoms with Gasteiger partial charge in [0.05, 0.1) is 12.1 Å². The SMILES string of the molecule is CC[C@@H](NC(=O)N1C(=O)C[C@H]1Cc1ccccc1)c1ccccc1. The highest BCUT2D eigenvalue weighted by atomic mass is 16.2. The van der Waals surface area contributed by atoms with Gasteiger partial charge in [0, 0.05) is 6.42 Å². The molecule has 0 aromatic heterocycles. The van der Waals surface area contributed by atoms with Crippen molar-refractivity contribution < 1.29 is 9.59 Å². The van der Waals surface area contributed by atoms with Gasteiger partial charge in [0.25, 0.3) is 0 Å². The number of amides is 3. The summed E-state index contributed by atoms with van der Waals surface area (Å²) in [5, 5.41) is 3.00. The number of hydrogen-bond acceptors (Lipinski definition) is 2. The minimum Gasteiger partial charge on any atom is -0.331 e. The summed E-state index contributed by atoms with van der Waals surface area (Å²) in [6, 6.07) is 19.4. The second kappa shape index (κ2) is 7.30. The van der Waals surface area contributed by atoms with E-state index in [1.54, 1.807) is 0 Å². The monoisotopic (exact) mass is 322 g/mol. The molecule has 24 heavy (non-hydrogen) atoms. The standard InChI is InChI=1S/C20H22N2O2/c1-2-18(16-11-7-4-8-12-16)21-20(24)22-17(14-19(22)23)13-15-9-5-3-6-10-15/h3-12,17-18H,2,13-14H2,1H3,(H,21,24)/t17-,18-/m1/s1. The Labute approximate surface area is 142 Å². The number of hydrogen-bond donors (Lipinski definition) is 1. The molecule has 1 heterocycles. The summed E-state index contributed by atoms with van der Waals surface area (Å²) >= 11 is 0. The molecule has 1 N–H and O–H groups in total. The molecule has 1 aliphatic rings. The van der Waals surface area contributed by atoms with Crippen LogP contribution < -0.4 is 5.32 Å². The summed E-state index contributed by atoms with van der Waals surface area (Å²) < 4.78 is 0. The van der Waals surface area contributed by atoms with E-state index in [4.69, 9.17) is 0 Å². The summed E-state index contributed by atoms with van der Waals surface area (Å²) in [6.45, 7) is 2.03. The van der Waals surface area contributed by atoms with Gasteiger partial charge in [-0.05, 0) is 24.0 Å². The Morgan fingerprint density at radius 3 is 2.33 bits per heavy atom. The van der Waals surface area contributed by atoms with Crippen LogP contribution in [0.2, 0.25) is 0 Å². The second-order valence-corrected chi connectivity index (χ2v) is 6.13. The van der Waals surface area contributed by atoms with E-state index in [1.165, 1.54) is 4.90 Å². The van der Waals surface area contributed by atoms with E-state index in [9.17, 15) is 9.59 Å². The molecule has 1 fully saturated rings. The maximum Gasteiger partial charge on any atom is 0.324 e. The first-order valence-corrected chi connectivity index (χ1v) is 8.40. The van der Waals surface area contributed by atoms with Gasteiger partial charge in [-0.2, -0.15) is 0 Å². The van der Waals surface area contributed by atoms with Crippen molar-refractivity contribution in [3.63, 3.8) is 0 Å². The van der Waals surface area contributed by atoms with Gasteiger partial charge in [0.1, 0.15) is 0 Å². The van der Waals surface area contributed by atoms with E-state index < -0.39 is 0 Å². The molecule has 1 aliphatic heterocycles. The maximum absolute atomic E-state index is 12.6. The molecule has 0 spiro atoms. The topological polar surface area (TPSA) is 49.4 Å². The minimum atomic E-state index is -0.289. The molecule has 0 saturated carbocycles. The van der Waals surface area contributed by atoms with Gasteiger partial charge >= 0.3 is 6.03 Å². The highest BCUT2D eigenvalue weighted by Gasteiger charge is 2.41. The van der Waals surface area contributed by atoms with Crippen LogP contribution in [0, 0.1) is 0 Å². The van der Waals surface area contributed by atoms with Crippen molar-refractivity contribution >= 4 is 11.9 Å². The third kappa shape index (κ3) is 3.48. The molecule has 2 atom stereocenters. The van der Waals surface area contributed by atoms with Crippen molar-refractivity contribution in [1.29, 1.82) is 0 Å². The lowest BCUT2D eigenvalue weighted by atomic mass is 9.94. The summed E-state index contributed by atoms with van der Waals surface area (Å²) in [6.07, 6.45) is 1.92. The first-order valence-electron chi connectivity index (χ1n) is 8.40. The number of carbonyl (C=O) groups excluding carboxylic acids is 2. The Morgan fingerprint density at radius 1 is 1.12 bits per heavy atom. The number of urea groups is 1. The van der Waals surface area contributed by atoms with Crippen LogP contribution in [0.25, 0.3) is 0 Å². The molecule has 0 unspecified atom stereocenters. The number of nitrogens with one attached hydrogen (secondary N) is 1. The number of benzene rings is 2. The lowest BCUT2D eigenvalue weighted by Gasteiger charge is -2.39. The van der Waals surface area contributed by atoms with Crippen LogP contribution in [0.3, 0.4) is 0 Å². The molecule has 3 rings (SSSR count). The van der Waals surface area contributed by atoms with Crippen LogP contribution in [0.1, 0.15) is 36.9 Å². The summed E-state index contributed by atoms with van der Waals surface area (Å²) in [5.74, 6) is -0.101. The minimum absolute atomic E-state index is 0.0480. The lowest BCUT2D eigenvalue weighted by Crippen LogP contribution is -2.59. The van der Waals surface area contributed by atoms with E-state index >= 15 is 0 Å². The molecule has 0 radical (unpaired) electrons. The van der Waals surface area contributed by atoms with Crippen LogP contribution in [-0.4, -0.2) is 22.9 Å². The molecule has 1 saturated heterocycles. The molecule has 2 aromatic rings. The fraction of sp³-hybridized carbons (Fsp3) is 0.300. The predicted molar refractivity (Wildman–Crippen MR) is 93.4 cm³/mol. The van der Waals surface area contributed by atoms with Crippen LogP contribution >= 0.6 is 0 Å². The van der Waals surface area contributed by atoms with Gasteiger partial charge < -0.3 is 5.32 Å². The molecule has 4 heteroatoms. The Hall–Kier alpha value is -2.62. The summed E-state index contributed by atoms with van der Waals surface area (Å²) in [7, 11) is 0. The fourth-order valence-electron chi connectivity index (χ4n) is 3.14. The third-order valence-corrected chi connectivity index (χ3v) is 4.48. The number of rotatable bonds is 5. The molecule has 4 nitrogen and oxygen atoms in total. The van der Waals surface area contributed by atoms with E-state index in [2.05, 4.69) is 5.32 Å². The zero-order valence-corrected chi connectivity index (χ0v) is 13.8. The number of nitrogens with zero attached hydrogens (tertiary/aromatic N) is 1. The smallest absolute Gasteiger partial charge is 0.324 e. The van der Waals surface area contributed by atoms with Gasteiger partial charge in [-0.3, -0.25) is 9.69 Å². The largest absolute Gasteiger partial charge is 0.331 e. The van der Waals surface area contributed by atoms with Crippen molar-refractivity contribution in [2.75, 3.05) is 0 Å². The van der Waals surface area contributed by atoms with E-state index in [0.29, 0.717) is 12.8 Å². The second-order valence-electron chi connectivity index (χ2n) is 6.13. The van der Waals surface area contributed by atoms with Gasteiger partial charge in [0.2, 0.25) is 5.91 Å². The highest BCUT2D eigenvalue weighted by Crippen LogP contribution is 2.25. The Bertz CT molecular complexity index is 700. The Morgan fingerprint density at radius 2 is 1.75 bits per heavy atom. The number of likely N-dealkylation sites (tertiary alicyclic amines) is 1. The van der Waals surface area contributed by atoms with Crippen molar-refractivity contribution in [2.24, 2.45) is 0 Å². The number of β-lactam (4-membered cyclic amide) rings is 1. The van der Waals surface area contributed by atoms with Crippen LogP contribution in [-0.2, 0) is 11.2 Å². The van der Waals surface area contributed by atoms with Crippen molar-refractivity contribution in [3.05, 3.63) is 71.8 Å². The van der Waals surface area contributed by atoms with E-state index in [1.807, 2.05) is 67.6 Å². The highest BCUT2D eigenvalue weighted by molar-refractivity contribution is 5.99. The molecule has 0 aliphatic carbocycles. The lowest BCUT2D eigenvalue weighted by molar-refractivity contribution is -0.140. The van der Waals surface area contributed by atoms with Gasteiger partial charge in [-0.1, -0.05) is 67.6 Å². The van der Waals surface area contributed by atoms with E-state index in [0.717, 1.165) is 17.5 Å². The van der Waals surface area contributed by atoms with Gasteiger partial charge in [-0.25, -0.2) is 4.79 Å². The first kappa shape index (κ1) is 16.2. The third-order valence-electron chi connectivity index (χ3n) is 4.48.